The molecule has 0 aliphatic carbocycles. The van der Waals surface area contributed by atoms with E-state index in [-0.39, 0.29) is 11.1 Å². The van der Waals surface area contributed by atoms with Crippen LogP contribution in [0.1, 0.15) is 10.9 Å². The summed E-state index contributed by atoms with van der Waals surface area (Å²) in [7, 11) is 0. The summed E-state index contributed by atoms with van der Waals surface area (Å²) in [5.74, 6) is 1.07. The summed E-state index contributed by atoms with van der Waals surface area (Å²) >= 11 is 1.61. The third kappa shape index (κ3) is 2.13. The number of aromatic hydroxyl groups is 1. The van der Waals surface area contributed by atoms with Gasteiger partial charge in [0.05, 0.1) is 0 Å². The lowest BCUT2D eigenvalue weighted by Crippen LogP contribution is -2.13. The summed E-state index contributed by atoms with van der Waals surface area (Å²) in [5, 5.41) is 18.7. The molecule has 6 heteroatoms. The lowest BCUT2D eigenvalue weighted by Gasteiger charge is -2.12. The van der Waals surface area contributed by atoms with Gasteiger partial charge in [0.25, 0.3) is 0 Å². The standard InChI is InChI=1S/C15H12N4OS/c20-12-8-6-11(7-9-12)14-18-19-13(16-17-15(19)21-14)10-4-2-1-3-5-10/h1-9,14,18,20H/t14-/m1/s1. The molecular formula is C15H12N4OS. The van der Waals surface area contributed by atoms with Gasteiger partial charge < -0.3 is 10.5 Å². The molecular weight excluding hydrogens is 284 g/mol. The van der Waals surface area contributed by atoms with Gasteiger partial charge in [0, 0.05) is 5.56 Å². The van der Waals surface area contributed by atoms with Crippen LogP contribution in [0, 0.1) is 0 Å². The smallest absolute Gasteiger partial charge is 0.212 e. The Hall–Kier alpha value is -2.47. The maximum Gasteiger partial charge on any atom is 0.212 e. The van der Waals surface area contributed by atoms with Crippen LogP contribution < -0.4 is 5.43 Å². The number of phenols is 1. The van der Waals surface area contributed by atoms with Crippen molar-refractivity contribution in [3.63, 3.8) is 0 Å². The summed E-state index contributed by atoms with van der Waals surface area (Å²) in [4.78, 5) is 0. The Morgan fingerprint density at radius 2 is 1.76 bits per heavy atom. The summed E-state index contributed by atoms with van der Waals surface area (Å²) < 4.78 is 1.91. The number of thioether (sulfide) groups is 1. The van der Waals surface area contributed by atoms with Crippen molar-refractivity contribution < 1.29 is 5.11 Å². The number of nitrogens with one attached hydrogen (secondary N) is 1. The SMILES string of the molecule is Oc1ccc([C@@H]2Nn3c(nnc3-c3ccccc3)S2)cc1. The van der Waals surface area contributed by atoms with E-state index in [2.05, 4.69) is 15.6 Å². The van der Waals surface area contributed by atoms with E-state index in [1.807, 2.05) is 47.1 Å². The minimum Gasteiger partial charge on any atom is -0.508 e. The molecule has 2 aromatic carbocycles. The van der Waals surface area contributed by atoms with Crippen LogP contribution in [0.25, 0.3) is 11.4 Å². The van der Waals surface area contributed by atoms with Gasteiger partial charge in [0.1, 0.15) is 11.1 Å². The minimum atomic E-state index is 0.0681. The zero-order chi connectivity index (χ0) is 14.2. The molecule has 0 saturated heterocycles. The Bertz CT molecular complexity index is 770. The third-order valence-electron chi connectivity index (χ3n) is 3.33. The monoisotopic (exact) mass is 296 g/mol. The van der Waals surface area contributed by atoms with Gasteiger partial charge in [0.15, 0.2) is 5.82 Å². The van der Waals surface area contributed by atoms with Gasteiger partial charge >= 0.3 is 0 Å². The molecule has 0 bridgehead atoms. The molecule has 3 aromatic rings. The second kappa shape index (κ2) is 4.82. The van der Waals surface area contributed by atoms with E-state index in [1.165, 1.54) is 0 Å². The van der Waals surface area contributed by atoms with Crippen molar-refractivity contribution in [2.24, 2.45) is 0 Å². The molecule has 21 heavy (non-hydrogen) atoms. The maximum absolute atomic E-state index is 9.37. The van der Waals surface area contributed by atoms with Gasteiger partial charge in [-0.15, -0.1) is 10.2 Å². The molecule has 5 nitrogen and oxygen atoms in total. The molecule has 1 aliphatic heterocycles. The largest absolute Gasteiger partial charge is 0.508 e. The number of aromatic nitrogens is 3. The predicted octanol–water partition coefficient (Wildman–Crippen LogP) is 3.00. The number of nitrogens with zero attached hydrogens (tertiary/aromatic N) is 3. The zero-order valence-corrected chi connectivity index (χ0v) is 11.8. The fourth-order valence-corrected chi connectivity index (χ4v) is 3.27. The fourth-order valence-electron chi connectivity index (χ4n) is 2.28. The molecule has 0 radical (unpaired) electrons. The Morgan fingerprint density at radius 1 is 1.00 bits per heavy atom. The van der Waals surface area contributed by atoms with Gasteiger partial charge in [-0.05, 0) is 17.7 Å². The number of fused-ring (bicyclic) bond motifs is 1. The van der Waals surface area contributed by atoms with Gasteiger partial charge in [-0.3, -0.25) is 0 Å². The topological polar surface area (TPSA) is 63.0 Å². The van der Waals surface area contributed by atoms with Crippen LogP contribution in [0.5, 0.6) is 5.75 Å². The highest BCUT2D eigenvalue weighted by Crippen LogP contribution is 2.40. The molecule has 104 valence electrons. The summed E-state index contributed by atoms with van der Waals surface area (Å²) in [6, 6.07) is 17.2. The van der Waals surface area contributed by atoms with Crippen LogP contribution in [-0.4, -0.2) is 20.0 Å². The fraction of sp³-hybridized carbons (Fsp3) is 0.0667. The Balaban J connectivity index is 1.66. The van der Waals surface area contributed by atoms with Crippen LogP contribution in [0.15, 0.2) is 59.8 Å². The first-order valence-corrected chi connectivity index (χ1v) is 7.42. The highest BCUT2D eigenvalue weighted by molar-refractivity contribution is 7.99. The molecule has 4 rings (SSSR count). The lowest BCUT2D eigenvalue weighted by atomic mass is 10.2. The van der Waals surface area contributed by atoms with Crippen LogP contribution in [-0.2, 0) is 0 Å². The van der Waals surface area contributed by atoms with Crippen molar-refractivity contribution in [2.75, 3.05) is 5.43 Å². The van der Waals surface area contributed by atoms with Crippen LogP contribution in [0.3, 0.4) is 0 Å². The summed E-state index contributed by atoms with van der Waals surface area (Å²) in [6.07, 6.45) is 0. The van der Waals surface area contributed by atoms with Crippen LogP contribution >= 0.6 is 11.8 Å². The Morgan fingerprint density at radius 3 is 2.52 bits per heavy atom. The molecule has 2 N–H and O–H groups in total. The first-order valence-electron chi connectivity index (χ1n) is 6.54. The van der Waals surface area contributed by atoms with Gasteiger partial charge in [0.2, 0.25) is 5.16 Å². The maximum atomic E-state index is 9.37. The normalized spacial score (nSPS) is 16.5. The van der Waals surface area contributed by atoms with E-state index in [9.17, 15) is 5.11 Å². The van der Waals surface area contributed by atoms with Gasteiger partial charge in [-0.25, -0.2) is 4.68 Å². The summed E-state index contributed by atoms with van der Waals surface area (Å²) in [6.45, 7) is 0. The highest BCUT2D eigenvalue weighted by Gasteiger charge is 2.27. The van der Waals surface area contributed by atoms with E-state index in [0.717, 1.165) is 22.1 Å². The summed E-state index contributed by atoms with van der Waals surface area (Å²) in [5.41, 5.74) is 5.50. The van der Waals surface area contributed by atoms with Crippen molar-refractivity contribution in [1.29, 1.82) is 0 Å². The van der Waals surface area contributed by atoms with E-state index in [0.29, 0.717) is 0 Å². The second-order valence-corrected chi connectivity index (χ2v) is 5.80. The molecule has 1 aliphatic rings. The average Bonchev–Trinajstić information content (AvgIpc) is 3.09. The number of rotatable bonds is 2. The predicted molar refractivity (Wildman–Crippen MR) is 81.5 cm³/mol. The number of phenolic OH excluding ortho intramolecular Hbond substituents is 1. The van der Waals surface area contributed by atoms with E-state index in [1.54, 1.807) is 23.9 Å². The molecule has 0 amide bonds. The van der Waals surface area contributed by atoms with Crippen molar-refractivity contribution >= 4 is 11.8 Å². The zero-order valence-electron chi connectivity index (χ0n) is 11.0. The lowest BCUT2D eigenvalue weighted by molar-refractivity contribution is 0.475. The number of hydrogen-bond acceptors (Lipinski definition) is 5. The molecule has 0 saturated carbocycles. The molecule has 2 heterocycles. The minimum absolute atomic E-state index is 0.0681. The first kappa shape index (κ1) is 12.3. The number of hydrogen-bond donors (Lipinski definition) is 2. The van der Waals surface area contributed by atoms with Crippen molar-refractivity contribution in [3.8, 4) is 17.1 Å². The van der Waals surface area contributed by atoms with E-state index >= 15 is 0 Å². The molecule has 1 atom stereocenters. The average molecular weight is 296 g/mol. The van der Waals surface area contributed by atoms with Gasteiger partial charge in [-0.1, -0.05) is 54.2 Å². The quantitative estimate of drug-likeness (QED) is 0.761. The first-order chi connectivity index (χ1) is 10.3. The van der Waals surface area contributed by atoms with Crippen molar-refractivity contribution in [2.45, 2.75) is 10.5 Å². The molecule has 0 unspecified atom stereocenters. The van der Waals surface area contributed by atoms with E-state index < -0.39 is 0 Å². The Labute approximate surface area is 125 Å². The Kier molecular flexibility index (Phi) is 2.82. The van der Waals surface area contributed by atoms with E-state index in [4.69, 9.17) is 0 Å². The second-order valence-electron chi connectivity index (χ2n) is 4.73. The van der Waals surface area contributed by atoms with Gasteiger partial charge in [-0.2, -0.15) is 0 Å². The van der Waals surface area contributed by atoms with Crippen molar-refractivity contribution in [3.05, 3.63) is 60.2 Å². The van der Waals surface area contributed by atoms with Crippen LogP contribution in [0.2, 0.25) is 0 Å². The van der Waals surface area contributed by atoms with Crippen molar-refractivity contribution in [1.82, 2.24) is 14.9 Å². The third-order valence-corrected chi connectivity index (χ3v) is 4.42. The highest BCUT2D eigenvalue weighted by atomic mass is 32.2. The molecule has 0 spiro atoms. The molecule has 0 fully saturated rings. The number of benzene rings is 2. The molecule has 1 aromatic heterocycles. The van der Waals surface area contributed by atoms with Crippen LogP contribution in [0.4, 0.5) is 0 Å².